The van der Waals surface area contributed by atoms with Gasteiger partial charge in [0, 0.05) is 30.2 Å². The van der Waals surface area contributed by atoms with Gasteiger partial charge < -0.3 is 10.6 Å². The quantitative estimate of drug-likeness (QED) is 0.865. The number of nitrogens with one attached hydrogen (secondary N) is 2. The Kier molecular flexibility index (Phi) is 4.41. The summed E-state index contributed by atoms with van der Waals surface area (Å²) in [6, 6.07) is 0.566. The summed E-state index contributed by atoms with van der Waals surface area (Å²) in [7, 11) is 0. The van der Waals surface area contributed by atoms with Crippen LogP contribution < -0.4 is 10.6 Å². The Hall–Kier alpha value is -1.30. The number of hydrogen-bond donors (Lipinski definition) is 2. The summed E-state index contributed by atoms with van der Waals surface area (Å²) in [6.07, 6.45) is 4.18. The van der Waals surface area contributed by atoms with Gasteiger partial charge in [-0.25, -0.2) is 9.97 Å². The molecular weight excluding hydrogens is 248 g/mol. The molecule has 0 bridgehead atoms. The highest BCUT2D eigenvalue weighted by Gasteiger charge is 2.18. The Morgan fingerprint density at radius 1 is 1.44 bits per heavy atom. The number of amides is 1. The maximum absolute atomic E-state index is 11.9. The van der Waals surface area contributed by atoms with Gasteiger partial charge in [0.1, 0.15) is 0 Å². The van der Waals surface area contributed by atoms with E-state index in [1.165, 1.54) is 0 Å². The average Bonchev–Trinajstić information content (AvgIpc) is 2.82. The van der Waals surface area contributed by atoms with Crippen molar-refractivity contribution in [2.75, 3.05) is 16.8 Å². The third-order valence-corrected chi connectivity index (χ3v) is 3.76. The number of hydrogen-bond acceptors (Lipinski definition) is 5. The second-order valence-corrected chi connectivity index (χ2v) is 5.78. The number of thioether (sulfide) groups is 1. The third kappa shape index (κ3) is 3.60. The molecule has 2 rings (SSSR count). The molecule has 1 aromatic heterocycles. The molecule has 2 N–H and O–H groups in total. The standard InChI is InChI=1S/C12H18N4OS/c1-8(2)15-12-13-5-9(6-14-12)11(17)16-10-3-4-18-7-10/h5-6,8,10H,3-4,7H2,1-2H3,(H,16,17)(H,13,14,15)/t10-/m0/s1. The summed E-state index contributed by atoms with van der Waals surface area (Å²) >= 11 is 1.87. The van der Waals surface area contributed by atoms with Crippen molar-refractivity contribution in [2.24, 2.45) is 0 Å². The fraction of sp³-hybridized carbons (Fsp3) is 0.583. The largest absolute Gasteiger partial charge is 0.352 e. The molecule has 2 heterocycles. The Bertz CT molecular complexity index is 401. The average molecular weight is 266 g/mol. The first kappa shape index (κ1) is 13.1. The van der Waals surface area contributed by atoms with E-state index in [1.807, 2.05) is 25.6 Å². The molecule has 0 aliphatic carbocycles. The van der Waals surface area contributed by atoms with Crippen LogP contribution >= 0.6 is 11.8 Å². The number of nitrogens with zero attached hydrogens (tertiary/aromatic N) is 2. The molecule has 6 heteroatoms. The molecule has 1 aliphatic heterocycles. The predicted octanol–water partition coefficient (Wildman–Crippen LogP) is 1.53. The zero-order valence-electron chi connectivity index (χ0n) is 10.6. The maximum Gasteiger partial charge on any atom is 0.254 e. The number of carbonyl (C=O) groups excluding carboxylic acids is 1. The first-order valence-electron chi connectivity index (χ1n) is 6.12. The van der Waals surface area contributed by atoms with Gasteiger partial charge in [-0.05, 0) is 26.0 Å². The summed E-state index contributed by atoms with van der Waals surface area (Å²) in [6.45, 7) is 4.03. The third-order valence-electron chi connectivity index (χ3n) is 2.60. The number of aromatic nitrogens is 2. The molecule has 1 aromatic rings. The van der Waals surface area contributed by atoms with E-state index < -0.39 is 0 Å². The summed E-state index contributed by atoms with van der Waals surface area (Å²) in [4.78, 5) is 20.2. The van der Waals surface area contributed by atoms with E-state index in [9.17, 15) is 4.79 Å². The van der Waals surface area contributed by atoms with Crippen LogP contribution in [-0.4, -0.2) is 39.5 Å². The van der Waals surface area contributed by atoms with Crippen LogP contribution in [0.4, 0.5) is 5.95 Å². The van der Waals surface area contributed by atoms with Crippen LogP contribution in [0, 0.1) is 0 Å². The Morgan fingerprint density at radius 3 is 2.72 bits per heavy atom. The van der Waals surface area contributed by atoms with Crippen LogP contribution in [0.3, 0.4) is 0 Å². The zero-order valence-corrected chi connectivity index (χ0v) is 11.5. The lowest BCUT2D eigenvalue weighted by molar-refractivity contribution is 0.0940. The minimum Gasteiger partial charge on any atom is -0.352 e. The van der Waals surface area contributed by atoms with Crippen LogP contribution in [-0.2, 0) is 0 Å². The van der Waals surface area contributed by atoms with E-state index in [-0.39, 0.29) is 18.0 Å². The topological polar surface area (TPSA) is 66.9 Å². The lowest BCUT2D eigenvalue weighted by Crippen LogP contribution is -2.34. The summed E-state index contributed by atoms with van der Waals surface area (Å²) in [5.74, 6) is 2.59. The van der Waals surface area contributed by atoms with Gasteiger partial charge in [0.2, 0.25) is 5.95 Å². The molecule has 0 spiro atoms. The van der Waals surface area contributed by atoms with Crippen LogP contribution in [0.5, 0.6) is 0 Å². The molecule has 0 radical (unpaired) electrons. The predicted molar refractivity (Wildman–Crippen MR) is 74.0 cm³/mol. The molecule has 1 atom stereocenters. The van der Waals surface area contributed by atoms with Gasteiger partial charge in [0.15, 0.2) is 0 Å². The maximum atomic E-state index is 11.9. The zero-order chi connectivity index (χ0) is 13.0. The summed E-state index contributed by atoms with van der Waals surface area (Å²) in [5.41, 5.74) is 0.515. The van der Waals surface area contributed by atoms with Crippen molar-refractivity contribution in [1.82, 2.24) is 15.3 Å². The molecule has 0 saturated carbocycles. The smallest absolute Gasteiger partial charge is 0.254 e. The van der Waals surface area contributed by atoms with Crippen molar-refractivity contribution >= 4 is 23.6 Å². The van der Waals surface area contributed by atoms with Gasteiger partial charge in [0.05, 0.1) is 5.56 Å². The van der Waals surface area contributed by atoms with Crippen LogP contribution in [0.1, 0.15) is 30.6 Å². The molecule has 1 fully saturated rings. The Morgan fingerprint density at radius 2 is 2.17 bits per heavy atom. The SMILES string of the molecule is CC(C)Nc1ncc(C(=O)N[C@H]2CCSC2)cn1. The molecule has 5 nitrogen and oxygen atoms in total. The summed E-state index contributed by atoms with van der Waals surface area (Å²) in [5, 5.41) is 6.08. The highest BCUT2D eigenvalue weighted by Crippen LogP contribution is 2.17. The fourth-order valence-corrected chi connectivity index (χ4v) is 2.85. The second-order valence-electron chi connectivity index (χ2n) is 4.63. The van der Waals surface area contributed by atoms with Gasteiger partial charge in [0.25, 0.3) is 5.91 Å². The highest BCUT2D eigenvalue weighted by atomic mass is 32.2. The van der Waals surface area contributed by atoms with E-state index >= 15 is 0 Å². The van der Waals surface area contributed by atoms with Crippen molar-refractivity contribution in [3.05, 3.63) is 18.0 Å². The molecule has 1 aliphatic rings. The van der Waals surface area contributed by atoms with E-state index in [4.69, 9.17) is 0 Å². The van der Waals surface area contributed by atoms with Crippen LogP contribution in [0.25, 0.3) is 0 Å². The van der Waals surface area contributed by atoms with Gasteiger partial charge in [-0.2, -0.15) is 11.8 Å². The van der Waals surface area contributed by atoms with Crippen LogP contribution in [0.15, 0.2) is 12.4 Å². The van der Waals surface area contributed by atoms with Crippen LogP contribution in [0.2, 0.25) is 0 Å². The summed E-state index contributed by atoms with van der Waals surface area (Å²) < 4.78 is 0. The lowest BCUT2D eigenvalue weighted by Gasteiger charge is -2.11. The molecular formula is C12H18N4OS. The first-order valence-corrected chi connectivity index (χ1v) is 7.28. The number of carbonyl (C=O) groups is 1. The van der Waals surface area contributed by atoms with E-state index in [1.54, 1.807) is 12.4 Å². The normalized spacial score (nSPS) is 18.9. The van der Waals surface area contributed by atoms with Gasteiger partial charge in [-0.15, -0.1) is 0 Å². The minimum atomic E-state index is -0.0846. The molecule has 1 amide bonds. The van der Waals surface area contributed by atoms with Crippen molar-refractivity contribution in [1.29, 1.82) is 0 Å². The minimum absolute atomic E-state index is 0.0846. The first-order chi connectivity index (χ1) is 8.65. The Labute approximate surface area is 111 Å². The molecule has 98 valence electrons. The van der Waals surface area contributed by atoms with Crippen molar-refractivity contribution in [3.63, 3.8) is 0 Å². The molecule has 0 unspecified atom stereocenters. The molecule has 0 aromatic carbocycles. The van der Waals surface area contributed by atoms with Crippen molar-refractivity contribution in [3.8, 4) is 0 Å². The highest BCUT2D eigenvalue weighted by molar-refractivity contribution is 7.99. The molecule has 1 saturated heterocycles. The molecule has 18 heavy (non-hydrogen) atoms. The van der Waals surface area contributed by atoms with E-state index in [0.29, 0.717) is 11.5 Å². The monoisotopic (exact) mass is 266 g/mol. The van der Waals surface area contributed by atoms with E-state index in [2.05, 4.69) is 20.6 Å². The number of rotatable bonds is 4. The second kappa shape index (κ2) is 6.04. The Balaban J connectivity index is 1.93. The van der Waals surface area contributed by atoms with Gasteiger partial charge in [-0.1, -0.05) is 0 Å². The van der Waals surface area contributed by atoms with E-state index in [0.717, 1.165) is 17.9 Å². The fourth-order valence-electron chi connectivity index (χ4n) is 1.70. The van der Waals surface area contributed by atoms with Gasteiger partial charge >= 0.3 is 0 Å². The van der Waals surface area contributed by atoms with Gasteiger partial charge in [-0.3, -0.25) is 4.79 Å². The van der Waals surface area contributed by atoms with Crippen molar-refractivity contribution < 1.29 is 4.79 Å². The van der Waals surface area contributed by atoms with Crippen molar-refractivity contribution in [2.45, 2.75) is 32.4 Å². The number of anilines is 1. The lowest BCUT2D eigenvalue weighted by atomic mass is 10.2.